The standard InChI is InChI=1S/C36H33F3N8O5S/c1-3-24-27(38)8-5-19-11-23(48)12-25(28(19)24)30-29(39)31-26(14-41-30)32(43-35(42-31)52-18-36-9-4-10-46(36)15-20(37)13-36)45-16-21-6-7-22(17-45)47(21)34(49)33(44-40)53(2,50)51/h1,5,8,11-12,14,20-22,48H,4,6-7,9-10,13,15-18H2,2H3. The number of rotatable bonds is 5. The molecule has 4 aromatic rings. The maximum Gasteiger partial charge on any atom is 0.468 e. The Labute approximate surface area is 301 Å². The first-order valence-electron chi connectivity index (χ1n) is 17.1. The van der Waals surface area contributed by atoms with Gasteiger partial charge in [0.1, 0.15) is 41.4 Å². The minimum Gasteiger partial charge on any atom is -0.508 e. The normalized spacial score (nSPS) is 24.0. The number of anilines is 1. The number of aromatic hydroxyl groups is 1. The summed E-state index contributed by atoms with van der Waals surface area (Å²) in [5.41, 5.74) is 8.27. The molecule has 0 saturated carbocycles. The van der Waals surface area contributed by atoms with Crippen molar-refractivity contribution >= 4 is 48.3 Å². The Hall–Kier alpha value is -5.30. The van der Waals surface area contributed by atoms with Crippen molar-refractivity contribution < 1.29 is 41.0 Å². The van der Waals surface area contributed by atoms with E-state index in [-0.39, 0.29) is 76.8 Å². The molecule has 4 unspecified atom stereocenters. The highest BCUT2D eigenvalue weighted by Gasteiger charge is 2.50. The molecule has 4 aliphatic heterocycles. The van der Waals surface area contributed by atoms with Crippen LogP contribution in [-0.4, -0.2) is 117 Å². The molecular weight excluding hydrogens is 714 g/mol. The number of alkyl halides is 1. The molecule has 0 aliphatic carbocycles. The zero-order valence-corrected chi connectivity index (χ0v) is 29.3. The number of piperazine rings is 1. The average molecular weight is 747 g/mol. The first-order chi connectivity index (χ1) is 25.3. The molecule has 4 aliphatic rings. The van der Waals surface area contributed by atoms with Crippen LogP contribution < -0.4 is 9.64 Å². The minimum atomic E-state index is -4.13. The number of amides is 1. The highest BCUT2D eigenvalue weighted by Crippen LogP contribution is 2.42. The van der Waals surface area contributed by atoms with Gasteiger partial charge in [0, 0.05) is 43.2 Å². The highest BCUT2D eigenvalue weighted by atomic mass is 32.2. The molecule has 0 spiro atoms. The number of sulfone groups is 1. The zero-order chi connectivity index (χ0) is 37.4. The molecule has 274 valence electrons. The maximum atomic E-state index is 17.0. The van der Waals surface area contributed by atoms with Crippen molar-refractivity contribution in [1.82, 2.24) is 24.8 Å². The lowest BCUT2D eigenvalue weighted by Gasteiger charge is -2.41. The van der Waals surface area contributed by atoms with Gasteiger partial charge in [0.2, 0.25) is 0 Å². The number of ether oxygens (including phenoxy) is 1. The van der Waals surface area contributed by atoms with Crippen LogP contribution in [-0.2, 0) is 14.6 Å². The quantitative estimate of drug-likeness (QED) is 0.105. The summed E-state index contributed by atoms with van der Waals surface area (Å²) in [5.74, 6) is -0.223. The molecule has 6 heterocycles. The molecule has 13 nitrogen and oxygen atoms in total. The number of aromatic nitrogens is 3. The largest absolute Gasteiger partial charge is 0.508 e. The summed E-state index contributed by atoms with van der Waals surface area (Å²) in [5, 5.41) is 10.3. The third-order valence-corrected chi connectivity index (χ3v) is 11.9. The molecule has 1 N–H and O–H groups in total. The number of phenols is 1. The van der Waals surface area contributed by atoms with E-state index in [4.69, 9.17) is 16.1 Å². The molecule has 4 atom stereocenters. The van der Waals surface area contributed by atoms with Crippen LogP contribution in [0.3, 0.4) is 0 Å². The first-order valence-corrected chi connectivity index (χ1v) is 19.0. The monoisotopic (exact) mass is 746 g/mol. The second-order valence-electron chi connectivity index (χ2n) is 14.2. The molecule has 4 saturated heterocycles. The van der Waals surface area contributed by atoms with Gasteiger partial charge in [0.25, 0.3) is 9.84 Å². The molecule has 53 heavy (non-hydrogen) atoms. The number of terminal acetylenes is 1. The summed E-state index contributed by atoms with van der Waals surface area (Å²) in [4.78, 5) is 35.0. The van der Waals surface area contributed by atoms with Gasteiger partial charge >= 0.3 is 17.0 Å². The van der Waals surface area contributed by atoms with Gasteiger partial charge in [0.15, 0.2) is 5.82 Å². The summed E-state index contributed by atoms with van der Waals surface area (Å²) >= 11 is 0. The SMILES string of the molecule is C#Cc1c(F)ccc2cc(O)cc(-c3ncc4c(N5CC6CCC(C5)N6C(=O)C(=[N+]=[N-])S(C)(=O)=O)nc(OCC56CCCN5CC(F)C6)nc4c3F)c12. The van der Waals surface area contributed by atoms with Crippen LogP contribution >= 0.6 is 0 Å². The van der Waals surface area contributed by atoms with Gasteiger partial charge in [-0.15, -0.1) is 11.2 Å². The lowest BCUT2D eigenvalue weighted by Crippen LogP contribution is -2.58. The minimum absolute atomic E-state index is 0.0345. The van der Waals surface area contributed by atoms with Gasteiger partial charge in [-0.2, -0.15) is 9.97 Å². The van der Waals surface area contributed by atoms with E-state index in [1.165, 1.54) is 29.3 Å². The van der Waals surface area contributed by atoms with E-state index >= 15 is 4.39 Å². The van der Waals surface area contributed by atoms with Crippen LogP contribution in [0.25, 0.3) is 38.5 Å². The van der Waals surface area contributed by atoms with E-state index in [2.05, 4.69) is 25.6 Å². The van der Waals surface area contributed by atoms with E-state index in [0.29, 0.717) is 31.2 Å². The Bertz CT molecular complexity index is 2420. The van der Waals surface area contributed by atoms with Crippen LogP contribution in [0, 0.1) is 24.0 Å². The predicted molar refractivity (Wildman–Crippen MR) is 188 cm³/mol. The van der Waals surface area contributed by atoms with Crippen molar-refractivity contribution in [2.75, 3.05) is 43.9 Å². The third kappa shape index (κ3) is 5.72. The van der Waals surface area contributed by atoms with E-state index in [9.17, 15) is 32.6 Å². The van der Waals surface area contributed by atoms with Crippen molar-refractivity contribution in [1.29, 1.82) is 0 Å². The van der Waals surface area contributed by atoms with E-state index in [1.807, 2.05) is 4.90 Å². The molecule has 4 fully saturated rings. The van der Waals surface area contributed by atoms with Crippen LogP contribution in [0.1, 0.15) is 37.7 Å². The van der Waals surface area contributed by atoms with Crippen molar-refractivity contribution in [3.63, 3.8) is 0 Å². The fourth-order valence-corrected chi connectivity index (χ4v) is 9.28. The van der Waals surface area contributed by atoms with Gasteiger partial charge in [-0.3, -0.25) is 14.7 Å². The Kier molecular flexibility index (Phi) is 8.32. The number of halogens is 3. The van der Waals surface area contributed by atoms with Gasteiger partial charge < -0.3 is 25.2 Å². The summed E-state index contributed by atoms with van der Waals surface area (Å²) in [7, 11) is -4.13. The second kappa shape index (κ2) is 12.7. The molecular formula is C36H33F3N8O5S. The topological polar surface area (TPSA) is 165 Å². The van der Waals surface area contributed by atoms with Crippen LogP contribution in [0.5, 0.6) is 11.8 Å². The number of carbonyl (C=O) groups excluding carboxylic acids is 1. The van der Waals surface area contributed by atoms with Gasteiger partial charge in [-0.25, -0.2) is 21.6 Å². The van der Waals surface area contributed by atoms with Crippen molar-refractivity contribution in [3.8, 4) is 35.4 Å². The Morgan fingerprint density at radius 1 is 1.19 bits per heavy atom. The van der Waals surface area contributed by atoms with Crippen LogP contribution in [0.4, 0.5) is 19.0 Å². The fraction of sp³-hybridized carbons (Fsp3) is 0.417. The van der Waals surface area contributed by atoms with Crippen molar-refractivity contribution in [2.24, 2.45) is 0 Å². The molecule has 0 radical (unpaired) electrons. The van der Waals surface area contributed by atoms with E-state index in [1.54, 1.807) is 0 Å². The fourth-order valence-electron chi connectivity index (χ4n) is 8.71. The third-order valence-electron chi connectivity index (χ3n) is 11.0. The number of fused-ring (bicyclic) bond motifs is 5. The zero-order valence-electron chi connectivity index (χ0n) is 28.5. The second-order valence-corrected chi connectivity index (χ2v) is 16.1. The van der Waals surface area contributed by atoms with E-state index in [0.717, 1.165) is 25.3 Å². The number of benzene rings is 2. The van der Waals surface area contributed by atoms with Crippen molar-refractivity contribution in [2.45, 2.75) is 55.9 Å². The average Bonchev–Trinajstić information content (AvgIpc) is 3.73. The maximum absolute atomic E-state index is 17.0. The molecule has 1 amide bonds. The van der Waals surface area contributed by atoms with Crippen LogP contribution in [0.15, 0.2) is 30.5 Å². The number of nitrogens with zero attached hydrogens (tertiary/aromatic N) is 8. The molecule has 2 aromatic heterocycles. The number of carbonyl (C=O) groups is 1. The predicted octanol–water partition coefficient (Wildman–Crippen LogP) is 3.62. The Balaban J connectivity index is 1.24. The number of pyridine rings is 1. The lowest BCUT2D eigenvalue weighted by atomic mass is 9.95. The summed E-state index contributed by atoms with van der Waals surface area (Å²) in [6, 6.07) is 4.01. The summed E-state index contributed by atoms with van der Waals surface area (Å²) < 4.78 is 77.1. The number of hydrogen-bond donors (Lipinski definition) is 1. The Morgan fingerprint density at radius 3 is 2.64 bits per heavy atom. The highest BCUT2D eigenvalue weighted by molar-refractivity contribution is 8.07. The lowest BCUT2D eigenvalue weighted by molar-refractivity contribution is -0.131. The van der Waals surface area contributed by atoms with Gasteiger partial charge in [-0.1, -0.05) is 12.0 Å². The first kappa shape index (κ1) is 34.8. The van der Waals surface area contributed by atoms with E-state index < -0.39 is 56.2 Å². The Morgan fingerprint density at radius 2 is 1.94 bits per heavy atom. The summed E-state index contributed by atoms with van der Waals surface area (Å²) in [6.45, 7) is 1.39. The van der Waals surface area contributed by atoms with Crippen molar-refractivity contribution in [3.05, 3.63) is 53.2 Å². The van der Waals surface area contributed by atoms with Gasteiger partial charge in [0.05, 0.1) is 34.8 Å². The van der Waals surface area contributed by atoms with Crippen LogP contribution in [0.2, 0.25) is 0 Å². The number of phenolic OH excluding ortho intramolecular Hbond substituents is 1. The number of hydrogen-bond acceptors (Lipinski definition) is 10. The summed E-state index contributed by atoms with van der Waals surface area (Å²) in [6.07, 6.45) is 9.70. The molecule has 2 bridgehead atoms. The molecule has 2 aromatic carbocycles. The molecule has 8 rings (SSSR count). The smallest absolute Gasteiger partial charge is 0.468 e. The molecule has 17 heteroatoms. The van der Waals surface area contributed by atoms with Gasteiger partial charge in [-0.05, 0) is 55.8 Å².